The van der Waals surface area contributed by atoms with Crippen LogP contribution in [-0.2, 0) is 23.9 Å². The van der Waals surface area contributed by atoms with E-state index in [0.717, 1.165) is 11.1 Å². The van der Waals surface area contributed by atoms with Gasteiger partial charge in [0.15, 0.2) is 5.78 Å². The molecule has 0 saturated carbocycles. The molecule has 0 amide bonds. The van der Waals surface area contributed by atoms with Crippen molar-refractivity contribution in [2.24, 2.45) is 17.8 Å². The van der Waals surface area contributed by atoms with E-state index in [0.29, 0.717) is 5.57 Å². The molecule has 0 radical (unpaired) electrons. The zero-order chi connectivity index (χ0) is 18.7. The van der Waals surface area contributed by atoms with Gasteiger partial charge in [0.25, 0.3) is 3.79 Å². The lowest BCUT2D eigenvalue weighted by molar-refractivity contribution is -0.152. The standard InChI is InChI=1S/C17H17Cl3O5/c1-6-4-9(21)11-7(2)5-10(24-16(23)17(18,19)20)13-8(3)15(22)25-14(13)12(6)11/h4,8,10,12-14H,5H2,1-3H3. The number of carbonyl (C=O) groups is 3. The number of ketones is 1. The molecular formula is C17H17Cl3O5. The van der Waals surface area contributed by atoms with Crippen molar-refractivity contribution < 1.29 is 23.9 Å². The van der Waals surface area contributed by atoms with Gasteiger partial charge >= 0.3 is 11.9 Å². The van der Waals surface area contributed by atoms with Crippen LogP contribution in [0.4, 0.5) is 0 Å². The van der Waals surface area contributed by atoms with Gasteiger partial charge in [-0.3, -0.25) is 9.59 Å². The van der Waals surface area contributed by atoms with Gasteiger partial charge in [-0.2, -0.15) is 0 Å². The number of halogens is 3. The number of rotatable bonds is 1. The third kappa shape index (κ3) is 3.11. The Hall–Kier alpha value is -1.04. The van der Waals surface area contributed by atoms with Crippen LogP contribution in [0, 0.1) is 17.8 Å². The van der Waals surface area contributed by atoms with Crippen LogP contribution >= 0.6 is 34.8 Å². The van der Waals surface area contributed by atoms with E-state index in [9.17, 15) is 14.4 Å². The first-order valence-electron chi connectivity index (χ1n) is 7.92. The molecule has 0 aromatic rings. The monoisotopic (exact) mass is 406 g/mol. The summed E-state index contributed by atoms with van der Waals surface area (Å²) in [7, 11) is 0. The minimum absolute atomic E-state index is 0.0947. The van der Waals surface area contributed by atoms with E-state index < -0.39 is 33.8 Å². The zero-order valence-electron chi connectivity index (χ0n) is 13.8. The number of esters is 2. The minimum Gasteiger partial charge on any atom is -0.461 e. The number of hydrogen-bond acceptors (Lipinski definition) is 5. The molecule has 0 bridgehead atoms. The Bertz CT molecular complexity index is 718. The molecule has 25 heavy (non-hydrogen) atoms. The van der Waals surface area contributed by atoms with Crippen molar-refractivity contribution in [1.29, 1.82) is 0 Å². The Kier molecular flexibility index (Phi) is 4.71. The SMILES string of the molecule is CC1=CC(=O)C2=C(C)CC(OC(=O)C(Cl)(Cl)Cl)C3C(C)C(=O)OC3C12. The van der Waals surface area contributed by atoms with Crippen molar-refractivity contribution in [3.05, 3.63) is 22.8 Å². The van der Waals surface area contributed by atoms with Crippen molar-refractivity contribution in [1.82, 2.24) is 0 Å². The summed E-state index contributed by atoms with van der Waals surface area (Å²) in [6, 6.07) is 0. The molecule has 1 fully saturated rings. The molecule has 3 rings (SSSR count). The first kappa shape index (κ1) is 18.7. The van der Waals surface area contributed by atoms with Crippen molar-refractivity contribution in [3.63, 3.8) is 0 Å². The first-order chi connectivity index (χ1) is 11.5. The Morgan fingerprint density at radius 3 is 2.52 bits per heavy atom. The summed E-state index contributed by atoms with van der Waals surface area (Å²) in [6.45, 7) is 5.38. The molecule has 1 aliphatic heterocycles. The summed E-state index contributed by atoms with van der Waals surface area (Å²) in [5, 5.41) is 0. The molecule has 2 aliphatic carbocycles. The molecule has 136 valence electrons. The largest absolute Gasteiger partial charge is 0.461 e. The van der Waals surface area contributed by atoms with Gasteiger partial charge in [-0.25, -0.2) is 4.79 Å². The molecule has 0 N–H and O–H groups in total. The molecule has 1 saturated heterocycles. The average molecular weight is 408 g/mol. The van der Waals surface area contributed by atoms with Crippen LogP contribution < -0.4 is 0 Å². The quantitative estimate of drug-likeness (QED) is 0.493. The van der Waals surface area contributed by atoms with Crippen LogP contribution in [0.15, 0.2) is 22.8 Å². The lowest BCUT2D eigenvalue weighted by Crippen LogP contribution is -2.39. The predicted octanol–water partition coefficient (Wildman–Crippen LogP) is 3.31. The molecule has 0 aromatic carbocycles. The maximum atomic E-state index is 12.4. The second kappa shape index (κ2) is 6.29. The minimum atomic E-state index is -2.21. The Balaban J connectivity index is 2.03. The van der Waals surface area contributed by atoms with E-state index in [1.54, 1.807) is 13.0 Å². The van der Waals surface area contributed by atoms with Crippen molar-refractivity contribution in [2.45, 2.75) is 43.2 Å². The van der Waals surface area contributed by atoms with Gasteiger partial charge in [0, 0.05) is 23.8 Å². The van der Waals surface area contributed by atoms with E-state index in [4.69, 9.17) is 44.3 Å². The fourth-order valence-electron chi connectivity index (χ4n) is 4.11. The number of fused-ring (bicyclic) bond motifs is 3. The first-order valence-corrected chi connectivity index (χ1v) is 9.06. The van der Waals surface area contributed by atoms with Gasteiger partial charge in [-0.1, -0.05) is 52.9 Å². The van der Waals surface area contributed by atoms with E-state index >= 15 is 0 Å². The number of carbonyl (C=O) groups excluding carboxylic acids is 3. The number of allylic oxidation sites excluding steroid dienone is 1. The zero-order valence-corrected chi connectivity index (χ0v) is 16.1. The third-order valence-electron chi connectivity index (χ3n) is 5.22. The average Bonchev–Trinajstić information content (AvgIpc) is 2.89. The third-order valence-corrected chi connectivity index (χ3v) is 5.68. The van der Waals surface area contributed by atoms with Gasteiger partial charge < -0.3 is 9.47 Å². The smallest absolute Gasteiger partial charge is 0.358 e. The number of ether oxygens (including phenoxy) is 2. The lowest BCUT2D eigenvalue weighted by Gasteiger charge is -2.30. The molecule has 5 nitrogen and oxygen atoms in total. The highest BCUT2D eigenvalue weighted by molar-refractivity contribution is 6.75. The van der Waals surface area contributed by atoms with Crippen molar-refractivity contribution >= 4 is 52.5 Å². The normalized spacial score (nSPS) is 35.0. The highest BCUT2D eigenvalue weighted by Crippen LogP contribution is 2.49. The molecule has 3 aliphatic rings. The van der Waals surface area contributed by atoms with Crippen LogP contribution in [0.3, 0.4) is 0 Å². The van der Waals surface area contributed by atoms with Crippen LogP contribution in [0.1, 0.15) is 27.2 Å². The summed E-state index contributed by atoms with van der Waals surface area (Å²) in [5.74, 6) is -2.71. The van der Waals surface area contributed by atoms with E-state index in [-0.39, 0.29) is 24.1 Å². The Morgan fingerprint density at radius 1 is 1.28 bits per heavy atom. The van der Waals surface area contributed by atoms with E-state index in [1.807, 2.05) is 13.8 Å². The van der Waals surface area contributed by atoms with Gasteiger partial charge in [-0.05, 0) is 19.9 Å². The second-order valence-electron chi connectivity index (χ2n) is 6.84. The van der Waals surface area contributed by atoms with Gasteiger partial charge in [0.05, 0.1) is 5.92 Å². The summed E-state index contributed by atoms with van der Waals surface area (Å²) in [5.41, 5.74) is 2.24. The van der Waals surface area contributed by atoms with Crippen molar-refractivity contribution in [3.8, 4) is 0 Å². The maximum Gasteiger partial charge on any atom is 0.358 e. The fourth-order valence-corrected chi connectivity index (χ4v) is 4.25. The fraction of sp³-hybridized carbons (Fsp3) is 0.588. The van der Waals surface area contributed by atoms with Crippen LogP contribution in [0.25, 0.3) is 0 Å². The number of hydrogen-bond donors (Lipinski definition) is 0. The Labute approximate surface area is 160 Å². The van der Waals surface area contributed by atoms with Crippen molar-refractivity contribution in [2.75, 3.05) is 0 Å². The summed E-state index contributed by atoms with van der Waals surface area (Å²) >= 11 is 16.8. The Morgan fingerprint density at radius 2 is 1.92 bits per heavy atom. The topological polar surface area (TPSA) is 69.7 Å². The van der Waals surface area contributed by atoms with Gasteiger partial charge in [-0.15, -0.1) is 0 Å². The van der Waals surface area contributed by atoms with Crippen LogP contribution in [0.2, 0.25) is 0 Å². The van der Waals surface area contributed by atoms with Crippen LogP contribution in [0.5, 0.6) is 0 Å². The van der Waals surface area contributed by atoms with E-state index in [1.165, 1.54) is 0 Å². The van der Waals surface area contributed by atoms with E-state index in [2.05, 4.69) is 0 Å². The molecule has 8 heteroatoms. The molecular weight excluding hydrogens is 391 g/mol. The molecule has 5 atom stereocenters. The second-order valence-corrected chi connectivity index (χ2v) is 9.12. The summed E-state index contributed by atoms with van der Waals surface area (Å²) < 4.78 is 8.81. The molecule has 1 heterocycles. The molecule has 5 unspecified atom stereocenters. The molecule has 0 aromatic heterocycles. The number of alkyl halides is 3. The van der Waals surface area contributed by atoms with Gasteiger partial charge in [0.1, 0.15) is 12.2 Å². The summed E-state index contributed by atoms with van der Waals surface area (Å²) in [6.07, 6.45) is 0.567. The maximum absolute atomic E-state index is 12.4. The predicted molar refractivity (Wildman–Crippen MR) is 92.3 cm³/mol. The van der Waals surface area contributed by atoms with Gasteiger partial charge in [0.2, 0.25) is 0 Å². The van der Waals surface area contributed by atoms with Crippen LogP contribution in [-0.4, -0.2) is 33.7 Å². The molecule has 0 spiro atoms. The highest BCUT2D eigenvalue weighted by Gasteiger charge is 2.55. The highest BCUT2D eigenvalue weighted by atomic mass is 35.6. The summed E-state index contributed by atoms with van der Waals surface area (Å²) in [4.78, 5) is 36.6. The lowest BCUT2D eigenvalue weighted by atomic mass is 9.79.